The molecule has 1 aliphatic rings. The highest BCUT2D eigenvalue weighted by molar-refractivity contribution is 5.84. The quantitative estimate of drug-likeness (QED) is 0.806. The minimum absolute atomic E-state index is 0.132. The van der Waals surface area contributed by atoms with Gasteiger partial charge in [-0.05, 0) is 42.5 Å². The summed E-state index contributed by atoms with van der Waals surface area (Å²) in [4.78, 5) is 26.6. The summed E-state index contributed by atoms with van der Waals surface area (Å²) >= 11 is 0. The Labute approximate surface area is 148 Å². The second-order valence-electron chi connectivity index (χ2n) is 6.51. The summed E-state index contributed by atoms with van der Waals surface area (Å²) in [5.41, 5.74) is 4.43. The third kappa shape index (κ3) is 4.08. The number of carbonyl (C=O) groups excluding carboxylic acids is 2. The molecular formula is C21H23NO3. The summed E-state index contributed by atoms with van der Waals surface area (Å²) in [6.45, 7) is 4.85. The average molecular weight is 337 g/mol. The molecule has 0 N–H and O–H groups in total. The van der Waals surface area contributed by atoms with Crippen molar-refractivity contribution in [2.24, 2.45) is 0 Å². The minimum Gasteiger partial charge on any atom is -0.452 e. The van der Waals surface area contributed by atoms with Crippen LogP contribution in [-0.4, -0.2) is 29.4 Å². The SMILES string of the molecule is Cc1ccccc1CC(=O)OC(C)C(=O)N1CCc2ccccc2C1. The zero-order valence-electron chi connectivity index (χ0n) is 14.7. The number of benzene rings is 2. The van der Waals surface area contributed by atoms with Gasteiger partial charge in [0.15, 0.2) is 6.10 Å². The van der Waals surface area contributed by atoms with Crippen LogP contribution in [0.1, 0.15) is 29.2 Å². The van der Waals surface area contributed by atoms with E-state index in [9.17, 15) is 9.59 Å². The molecule has 1 heterocycles. The van der Waals surface area contributed by atoms with Gasteiger partial charge in [0, 0.05) is 13.1 Å². The van der Waals surface area contributed by atoms with Gasteiger partial charge in [-0.15, -0.1) is 0 Å². The van der Waals surface area contributed by atoms with E-state index in [0.717, 1.165) is 17.5 Å². The molecule has 1 aliphatic heterocycles. The molecule has 0 saturated carbocycles. The predicted molar refractivity (Wildman–Crippen MR) is 96.0 cm³/mol. The molecule has 25 heavy (non-hydrogen) atoms. The predicted octanol–water partition coefficient (Wildman–Crippen LogP) is 3.05. The lowest BCUT2D eigenvalue weighted by atomic mass is 9.99. The second-order valence-corrected chi connectivity index (χ2v) is 6.51. The second kappa shape index (κ2) is 7.51. The summed E-state index contributed by atoms with van der Waals surface area (Å²) < 4.78 is 5.38. The van der Waals surface area contributed by atoms with Gasteiger partial charge in [-0.25, -0.2) is 0 Å². The Morgan fingerprint density at radius 3 is 2.52 bits per heavy atom. The number of hydrogen-bond acceptors (Lipinski definition) is 3. The van der Waals surface area contributed by atoms with Crippen LogP contribution in [0.4, 0.5) is 0 Å². The van der Waals surface area contributed by atoms with Crippen molar-refractivity contribution >= 4 is 11.9 Å². The van der Waals surface area contributed by atoms with E-state index in [1.807, 2.05) is 49.4 Å². The van der Waals surface area contributed by atoms with Crippen molar-refractivity contribution < 1.29 is 14.3 Å². The van der Waals surface area contributed by atoms with Gasteiger partial charge in [0.2, 0.25) is 0 Å². The van der Waals surface area contributed by atoms with E-state index < -0.39 is 6.10 Å². The summed E-state index contributed by atoms with van der Waals surface area (Å²) in [5, 5.41) is 0. The number of ether oxygens (including phenoxy) is 1. The van der Waals surface area contributed by atoms with E-state index in [2.05, 4.69) is 6.07 Å². The van der Waals surface area contributed by atoms with Crippen molar-refractivity contribution in [3.05, 3.63) is 70.8 Å². The van der Waals surface area contributed by atoms with Crippen LogP contribution in [0, 0.1) is 6.92 Å². The Morgan fingerprint density at radius 2 is 1.76 bits per heavy atom. The van der Waals surface area contributed by atoms with Gasteiger partial charge in [0.05, 0.1) is 6.42 Å². The van der Waals surface area contributed by atoms with E-state index in [1.165, 1.54) is 11.1 Å². The van der Waals surface area contributed by atoms with E-state index in [4.69, 9.17) is 4.74 Å². The van der Waals surface area contributed by atoms with Crippen LogP contribution in [-0.2, 0) is 33.7 Å². The number of amides is 1. The topological polar surface area (TPSA) is 46.6 Å². The molecule has 3 rings (SSSR count). The van der Waals surface area contributed by atoms with Crippen molar-refractivity contribution in [1.29, 1.82) is 0 Å². The number of nitrogens with zero attached hydrogens (tertiary/aromatic N) is 1. The number of esters is 1. The molecule has 130 valence electrons. The summed E-state index contributed by atoms with van der Waals surface area (Å²) in [6.07, 6.45) is 0.264. The van der Waals surface area contributed by atoms with Crippen molar-refractivity contribution in [2.75, 3.05) is 6.54 Å². The van der Waals surface area contributed by atoms with Crippen molar-refractivity contribution in [3.8, 4) is 0 Å². The summed E-state index contributed by atoms with van der Waals surface area (Å²) in [6, 6.07) is 15.9. The Kier molecular flexibility index (Phi) is 5.17. The van der Waals surface area contributed by atoms with Crippen LogP contribution in [0.25, 0.3) is 0 Å². The van der Waals surface area contributed by atoms with Crippen LogP contribution in [0.2, 0.25) is 0 Å². The number of fused-ring (bicyclic) bond motifs is 1. The molecular weight excluding hydrogens is 314 g/mol. The van der Waals surface area contributed by atoms with E-state index in [-0.39, 0.29) is 18.3 Å². The molecule has 0 bridgehead atoms. The highest BCUT2D eigenvalue weighted by Gasteiger charge is 2.26. The van der Waals surface area contributed by atoms with Gasteiger partial charge >= 0.3 is 5.97 Å². The number of hydrogen-bond donors (Lipinski definition) is 0. The summed E-state index contributed by atoms with van der Waals surface area (Å²) in [7, 11) is 0. The van der Waals surface area contributed by atoms with Crippen LogP contribution in [0.5, 0.6) is 0 Å². The fourth-order valence-electron chi connectivity index (χ4n) is 3.19. The monoisotopic (exact) mass is 337 g/mol. The standard InChI is InChI=1S/C21H23NO3/c1-15-7-3-4-9-18(15)13-20(23)25-16(2)21(24)22-12-11-17-8-5-6-10-19(17)14-22/h3-10,16H,11-14H2,1-2H3. The van der Waals surface area contributed by atoms with E-state index in [0.29, 0.717) is 13.1 Å². The van der Waals surface area contributed by atoms with Crippen molar-refractivity contribution in [3.63, 3.8) is 0 Å². The van der Waals surface area contributed by atoms with Gasteiger partial charge in [0.25, 0.3) is 5.91 Å². The maximum atomic E-state index is 12.6. The smallest absolute Gasteiger partial charge is 0.311 e. The zero-order chi connectivity index (χ0) is 17.8. The average Bonchev–Trinajstić information content (AvgIpc) is 2.62. The maximum absolute atomic E-state index is 12.6. The van der Waals surface area contributed by atoms with Gasteiger partial charge in [-0.1, -0.05) is 48.5 Å². The van der Waals surface area contributed by atoms with Crippen LogP contribution >= 0.6 is 0 Å². The fraction of sp³-hybridized carbons (Fsp3) is 0.333. The zero-order valence-corrected chi connectivity index (χ0v) is 14.7. The lowest BCUT2D eigenvalue weighted by Crippen LogP contribution is -2.42. The van der Waals surface area contributed by atoms with Crippen LogP contribution in [0.15, 0.2) is 48.5 Å². The first-order valence-corrected chi connectivity index (χ1v) is 8.64. The first kappa shape index (κ1) is 17.2. The largest absolute Gasteiger partial charge is 0.452 e. The molecule has 0 aliphatic carbocycles. The normalized spacial score (nSPS) is 14.6. The first-order chi connectivity index (χ1) is 12.0. The van der Waals surface area contributed by atoms with Gasteiger partial charge in [-0.2, -0.15) is 0 Å². The Balaban J connectivity index is 1.58. The van der Waals surface area contributed by atoms with Crippen molar-refractivity contribution in [2.45, 2.75) is 39.3 Å². The van der Waals surface area contributed by atoms with E-state index >= 15 is 0 Å². The minimum atomic E-state index is -0.762. The Morgan fingerprint density at radius 1 is 1.08 bits per heavy atom. The van der Waals surface area contributed by atoms with Crippen molar-refractivity contribution in [1.82, 2.24) is 4.90 Å². The molecule has 1 amide bonds. The first-order valence-electron chi connectivity index (χ1n) is 8.64. The molecule has 4 nitrogen and oxygen atoms in total. The van der Waals surface area contributed by atoms with Crippen LogP contribution in [0.3, 0.4) is 0 Å². The molecule has 0 fully saturated rings. The Bertz CT molecular complexity index is 784. The van der Waals surface area contributed by atoms with Crippen LogP contribution < -0.4 is 0 Å². The number of rotatable bonds is 4. The van der Waals surface area contributed by atoms with Gasteiger partial charge < -0.3 is 9.64 Å². The molecule has 0 spiro atoms. The third-order valence-electron chi connectivity index (χ3n) is 4.69. The van der Waals surface area contributed by atoms with Gasteiger partial charge in [-0.3, -0.25) is 9.59 Å². The number of carbonyl (C=O) groups is 2. The molecule has 1 unspecified atom stereocenters. The molecule has 1 atom stereocenters. The highest BCUT2D eigenvalue weighted by Crippen LogP contribution is 2.19. The lowest BCUT2D eigenvalue weighted by molar-refractivity contribution is -0.159. The third-order valence-corrected chi connectivity index (χ3v) is 4.69. The summed E-state index contributed by atoms with van der Waals surface area (Å²) in [5.74, 6) is -0.500. The molecule has 2 aromatic carbocycles. The van der Waals surface area contributed by atoms with Gasteiger partial charge in [0.1, 0.15) is 0 Å². The molecule has 4 heteroatoms. The molecule has 0 aromatic heterocycles. The Hall–Kier alpha value is -2.62. The fourth-order valence-corrected chi connectivity index (χ4v) is 3.19. The molecule has 0 saturated heterocycles. The molecule has 0 radical (unpaired) electrons. The molecule has 2 aromatic rings. The number of aryl methyl sites for hydroxylation is 1. The lowest BCUT2D eigenvalue weighted by Gasteiger charge is -2.30. The maximum Gasteiger partial charge on any atom is 0.311 e. The highest BCUT2D eigenvalue weighted by atomic mass is 16.5. The van der Waals surface area contributed by atoms with E-state index in [1.54, 1.807) is 11.8 Å².